The van der Waals surface area contributed by atoms with Gasteiger partial charge in [-0.3, -0.25) is 4.79 Å². The Morgan fingerprint density at radius 1 is 1.00 bits per heavy atom. The Morgan fingerprint density at radius 2 is 1.47 bits per heavy atom. The van der Waals surface area contributed by atoms with Gasteiger partial charge >= 0.3 is 0 Å². The predicted octanol–water partition coefficient (Wildman–Crippen LogP) is 2.66. The van der Waals surface area contributed by atoms with Gasteiger partial charge in [0.2, 0.25) is 5.91 Å². The summed E-state index contributed by atoms with van der Waals surface area (Å²) in [4.78, 5) is 15.4. The first-order valence-corrected chi connectivity index (χ1v) is 6.48. The highest BCUT2D eigenvalue weighted by atomic mass is 16.2. The molecule has 1 amide bonds. The molecule has 0 atom stereocenters. The minimum Gasteiger partial charge on any atom is -0.368 e. The minimum absolute atomic E-state index is 0.183. The molecule has 1 rings (SSSR count). The smallest absolute Gasteiger partial charge is 0.219 e. The van der Waals surface area contributed by atoms with Crippen LogP contribution < -0.4 is 0 Å². The van der Waals surface area contributed by atoms with Crippen LogP contribution in [0.2, 0.25) is 0 Å². The van der Waals surface area contributed by atoms with Gasteiger partial charge in [-0.1, -0.05) is 26.0 Å². The maximum absolute atomic E-state index is 11.1. The molecule has 0 aromatic rings. The Kier molecular flexibility index (Phi) is 8.20. The van der Waals surface area contributed by atoms with Crippen LogP contribution in [-0.4, -0.2) is 41.9 Å². The molecule has 0 aromatic carbocycles. The lowest BCUT2D eigenvalue weighted by Crippen LogP contribution is -2.47. The molecule has 98 valence electrons. The van der Waals surface area contributed by atoms with E-state index in [1.54, 1.807) is 6.92 Å². The lowest BCUT2D eigenvalue weighted by Gasteiger charge is -2.36. The van der Waals surface area contributed by atoms with E-state index >= 15 is 0 Å². The second kappa shape index (κ2) is 8.85. The normalized spacial score (nSPS) is 16.9. The summed E-state index contributed by atoms with van der Waals surface area (Å²) < 4.78 is 0. The summed E-state index contributed by atoms with van der Waals surface area (Å²) >= 11 is 0. The highest BCUT2D eigenvalue weighted by molar-refractivity contribution is 5.73. The Balaban J connectivity index is 0.00000121. The molecule has 3 heteroatoms. The monoisotopic (exact) mass is 238 g/mol. The van der Waals surface area contributed by atoms with E-state index in [1.807, 2.05) is 38.7 Å². The van der Waals surface area contributed by atoms with E-state index in [0.717, 1.165) is 26.2 Å². The van der Waals surface area contributed by atoms with Gasteiger partial charge in [0.15, 0.2) is 0 Å². The van der Waals surface area contributed by atoms with Crippen molar-refractivity contribution in [3.63, 3.8) is 0 Å². The molecule has 1 saturated heterocycles. The molecular weight excluding hydrogens is 212 g/mol. The largest absolute Gasteiger partial charge is 0.368 e. The summed E-state index contributed by atoms with van der Waals surface area (Å²) in [7, 11) is 0. The predicted molar refractivity (Wildman–Crippen MR) is 73.7 cm³/mol. The Morgan fingerprint density at radius 3 is 1.82 bits per heavy atom. The number of carbonyl (C=O) groups is 1. The number of rotatable bonds is 2. The first kappa shape index (κ1) is 15.8. The van der Waals surface area contributed by atoms with E-state index in [9.17, 15) is 4.79 Å². The number of hydrogen-bond donors (Lipinski definition) is 0. The average Bonchev–Trinajstić information content (AvgIpc) is 2.38. The van der Waals surface area contributed by atoms with Crippen molar-refractivity contribution in [1.82, 2.24) is 9.80 Å². The van der Waals surface area contributed by atoms with Gasteiger partial charge in [-0.2, -0.15) is 0 Å². The van der Waals surface area contributed by atoms with Gasteiger partial charge in [-0.15, -0.1) is 0 Å². The van der Waals surface area contributed by atoms with E-state index < -0.39 is 0 Å². The van der Waals surface area contributed by atoms with Gasteiger partial charge in [0.1, 0.15) is 0 Å². The van der Waals surface area contributed by atoms with Crippen molar-refractivity contribution >= 4 is 5.91 Å². The Labute approximate surface area is 106 Å². The number of allylic oxidation sites excluding steroid dienone is 3. The molecule has 0 aromatic heterocycles. The third kappa shape index (κ3) is 5.07. The lowest BCUT2D eigenvalue weighted by molar-refractivity contribution is -0.130. The summed E-state index contributed by atoms with van der Waals surface area (Å²) in [6.07, 6.45) is 6.28. The zero-order chi connectivity index (χ0) is 13.3. The Bertz CT molecular complexity index is 274. The molecule has 17 heavy (non-hydrogen) atoms. The first-order chi connectivity index (χ1) is 8.19. The van der Waals surface area contributed by atoms with E-state index in [4.69, 9.17) is 0 Å². The standard InChI is InChI=1S/C12H20N2O.C2H6/c1-4-6-12(5-2)14-9-7-13(8-10-14)11(3)15;1-2/h4-6H,7-10H2,1-3H3;1-2H3/b6-4-,12-5+;. The summed E-state index contributed by atoms with van der Waals surface area (Å²) in [6.45, 7) is 13.3. The lowest BCUT2D eigenvalue weighted by atomic mass is 10.2. The van der Waals surface area contributed by atoms with Crippen LogP contribution in [-0.2, 0) is 4.79 Å². The quantitative estimate of drug-likeness (QED) is 0.691. The Hall–Kier alpha value is -1.25. The molecule has 1 aliphatic heterocycles. The number of nitrogens with zero attached hydrogens (tertiary/aromatic N) is 2. The fourth-order valence-electron chi connectivity index (χ4n) is 1.83. The van der Waals surface area contributed by atoms with Crippen LogP contribution >= 0.6 is 0 Å². The highest BCUT2D eigenvalue weighted by Crippen LogP contribution is 2.10. The van der Waals surface area contributed by atoms with Crippen molar-refractivity contribution in [3.8, 4) is 0 Å². The third-order valence-corrected chi connectivity index (χ3v) is 2.72. The summed E-state index contributed by atoms with van der Waals surface area (Å²) in [6, 6.07) is 0. The van der Waals surface area contributed by atoms with Crippen molar-refractivity contribution < 1.29 is 4.79 Å². The summed E-state index contributed by atoms with van der Waals surface area (Å²) in [5.41, 5.74) is 1.25. The third-order valence-electron chi connectivity index (χ3n) is 2.72. The second-order valence-corrected chi connectivity index (χ2v) is 3.71. The zero-order valence-electron chi connectivity index (χ0n) is 11.9. The van der Waals surface area contributed by atoms with E-state index in [2.05, 4.69) is 17.1 Å². The van der Waals surface area contributed by atoms with Crippen LogP contribution in [0.3, 0.4) is 0 Å². The number of hydrogen-bond acceptors (Lipinski definition) is 2. The van der Waals surface area contributed by atoms with Gasteiger partial charge in [-0.05, 0) is 19.9 Å². The van der Waals surface area contributed by atoms with Crippen molar-refractivity contribution in [2.24, 2.45) is 0 Å². The van der Waals surface area contributed by atoms with Crippen LogP contribution in [0.25, 0.3) is 0 Å². The van der Waals surface area contributed by atoms with E-state index in [0.29, 0.717) is 0 Å². The number of piperazine rings is 1. The maximum atomic E-state index is 11.1. The molecule has 1 fully saturated rings. The molecular formula is C14H26N2O. The van der Waals surface area contributed by atoms with Crippen LogP contribution in [0.15, 0.2) is 23.9 Å². The summed E-state index contributed by atoms with van der Waals surface area (Å²) in [5.74, 6) is 0.183. The first-order valence-electron chi connectivity index (χ1n) is 6.48. The van der Waals surface area contributed by atoms with Crippen LogP contribution in [0, 0.1) is 0 Å². The summed E-state index contributed by atoms with van der Waals surface area (Å²) in [5, 5.41) is 0. The molecule has 0 saturated carbocycles. The minimum atomic E-state index is 0.183. The molecule has 0 unspecified atom stereocenters. The van der Waals surface area contributed by atoms with Crippen LogP contribution in [0.4, 0.5) is 0 Å². The SMILES string of the molecule is C/C=C\C(=C/C)N1CCN(C(C)=O)CC1.CC. The van der Waals surface area contributed by atoms with Crippen molar-refractivity contribution in [3.05, 3.63) is 23.9 Å². The van der Waals surface area contributed by atoms with E-state index in [1.165, 1.54) is 5.70 Å². The molecule has 0 radical (unpaired) electrons. The molecule has 0 aliphatic carbocycles. The van der Waals surface area contributed by atoms with Gasteiger partial charge < -0.3 is 9.80 Å². The number of carbonyl (C=O) groups excluding carboxylic acids is 1. The van der Waals surface area contributed by atoms with Crippen molar-refractivity contribution in [1.29, 1.82) is 0 Å². The fraction of sp³-hybridized carbons (Fsp3) is 0.643. The molecule has 3 nitrogen and oxygen atoms in total. The van der Waals surface area contributed by atoms with Crippen molar-refractivity contribution in [2.75, 3.05) is 26.2 Å². The van der Waals surface area contributed by atoms with Gasteiger partial charge in [0.25, 0.3) is 0 Å². The average molecular weight is 238 g/mol. The molecule has 0 spiro atoms. The molecule has 1 aliphatic rings. The molecule has 0 N–H and O–H groups in total. The van der Waals surface area contributed by atoms with Crippen LogP contribution in [0.1, 0.15) is 34.6 Å². The number of amides is 1. The topological polar surface area (TPSA) is 23.6 Å². The van der Waals surface area contributed by atoms with Gasteiger partial charge in [-0.25, -0.2) is 0 Å². The molecule has 0 bridgehead atoms. The zero-order valence-corrected chi connectivity index (χ0v) is 11.9. The van der Waals surface area contributed by atoms with Gasteiger partial charge in [0, 0.05) is 38.8 Å². The maximum Gasteiger partial charge on any atom is 0.219 e. The second-order valence-electron chi connectivity index (χ2n) is 3.71. The molecule has 1 heterocycles. The van der Waals surface area contributed by atoms with E-state index in [-0.39, 0.29) is 5.91 Å². The van der Waals surface area contributed by atoms with Gasteiger partial charge in [0.05, 0.1) is 0 Å². The highest BCUT2D eigenvalue weighted by Gasteiger charge is 2.18. The van der Waals surface area contributed by atoms with Crippen LogP contribution in [0.5, 0.6) is 0 Å². The van der Waals surface area contributed by atoms with Crippen molar-refractivity contribution in [2.45, 2.75) is 34.6 Å². The fourth-order valence-corrected chi connectivity index (χ4v) is 1.83.